The van der Waals surface area contributed by atoms with Crippen LogP contribution in [0, 0.1) is 3.57 Å². The molecule has 0 saturated carbocycles. The molecule has 0 radical (unpaired) electrons. The zero-order chi connectivity index (χ0) is 50.7. The Balaban J connectivity index is 0.000000180. The van der Waals surface area contributed by atoms with E-state index in [0.717, 1.165) is 103 Å². The molecule has 2 saturated heterocycles. The lowest BCUT2D eigenvalue weighted by Gasteiger charge is -2.22. The first kappa shape index (κ1) is 51.0. The van der Waals surface area contributed by atoms with Crippen molar-refractivity contribution in [2.24, 2.45) is 7.05 Å². The molecule has 73 heavy (non-hydrogen) atoms. The van der Waals surface area contributed by atoms with Crippen molar-refractivity contribution >= 4 is 62.9 Å². The first-order valence-electron chi connectivity index (χ1n) is 25.2. The minimum atomic E-state index is -0.367. The van der Waals surface area contributed by atoms with E-state index in [1.165, 1.54) is 13.7 Å². The number of aryl methyl sites for hydroxylation is 1. The maximum absolute atomic E-state index is 14.0. The zero-order valence-corrected chi connectivity index (χ0v) is 43.7. The number of fused-ring (bicyclic) bond motifs is 2. The van der Waals surface area contributed by atoms with Gasteiger partial charge in [-0.05, 0) is 83.8 Å². The minimum Gasteiger partial charge on any atom is -0.380 e. The highest BCUT2D eigenvalue weighted by atomic mass is 127. The predicted octanol–water partition coefficient (Wildman–Crippen LogP) is 5.36. The van der Waals surface area contributed by atoms with Crippen molar-refractivity contribution in [3.8, 4) is 0 Å². The fraction of sp³-hybridized carbons (Fsp3) is 0.345. The van der Waals surface area contributed by atoms with Crippen molar-refractivity contribution in [2.45, 2.75) is 52.5 Å². The van der Waals surface area contributed by atoms with Gasteiger partial charge in [0.15, 0.2) is 22.3 Å². The van der Waals surface area contributed by atoms with Gasteiger partial charge in [0.05, 0.1) is 32.8 Å². The Bertz CT molecular complexity index is 3400. The van der Waals surface area contributed by atoms with Gasteiger partial charge in [0, 0.05) is 63.0 Å². The second-order valence-corrected chi connectivity index (χ2v) is 19.3. The first-order valence-corrected chi connectivity index (χ1v) is 26.3. The highest BCUT2D eigenvalue weighted by Gasteiger charge is 2.27. The molecule has 2 aliphatic rings. The molecule has 10 rings (SSSR count). The summed E-state index contributed by atoms with van der Waals surface area (Å²) < 4.78 is 16.4. The van der Waals surface area contributed by atoms with Gasteiger partial charge in [-0.2, -0.15) is 9.97 Å². The molecule has 4 aromatic carbocycles. The number of hydrogen-bond acceptors (Lipinski definition) is 11. The quantitative estimate of drug-likeness (QED) is 0.101. The lowest BCUT2D eigenvalue weighted by atomic mass is 10.2. The molecule has 2 fully saturated rings. The molecule has 0 unspecified atom stereocenters. The fourth-order valence-corrected chi connectivity index (χ4v) is 10.1. The Labute approximate surface area is 437 Å². The van der Waals surface area contributed by atoms with Crippen LogP contribution in [-0.2, 0) is 44.5 Å². The second kappa shape index (κ2) is 24.2. The molecule has 4 aromatic heterocycles. The number of halogens is 1. The van der Waals surface area contributed by atoms with Crippen LogP contribution < -0.4 is 42.9 Å². The summed E-state index contributed by atoms with van der Waals surface area (Å²) in [6.07, 6.45) is 5.74. The standard InChI is InChI=1S/C28H33IN6O3.C27H30N6O2/c1-2-38-18-17-33-26(36)24-25(35(28(33)37)19-21-9-4-3-5-10-21)31-27(32-15-8-13-30-14-16-32)34(24)20-22-11-6-7-12-23(22)29;1-30-24-23(25(34)32(27(30)35)18-8-14-21-10-4-2-5-11-21)33(20-22-12-6-3-7-13-22)26(29-24)31-17-9-15-28-16-19-31/h3-7,9-12,30H,2,8,13-20H2,1H3;2-8,10-14,28H,9,15-20H2,1H3/b;14-8+. The third kappa shape index (κ3) is 11.7. The van der Waals surface area contributed by atoms with Gasteiger partial charge in [0.2, 0.25) is 11.9 Å². The number of benzene rings is 4. The van der Waals surface area contributed by atoms with E-state index in [9.17, 15) is 19.2 Å². The van der Waals surface area contributed by atoms with E-state index >= 15 is 0 Å². The predicted molar refractivity (Wildman–Crippen MR) is 298 cm³/mol. The van der Waals surface area contributed by atoms with Crippen LogP contribution in [0.2, 0.25) is 0 Å². The third-order valence-electron chi connectivity index (χ3n) is 13.3. The van der Waals surface area contributed by atoms with E-state index < -0.39 is 0 Å². The van der Waals surface area contributed by atoms with E-state index in [2.05, 4.69) is 55.2 Å². The maximum atomic E-state index is 14.0. The molecule has 6 heterocycles. The average molecular weight is 1100 g/mol. The maximum Gasteiger partial charge on any atom is 0.333 e. The number of rotatable bonds is 15. The Morgan fingerprint density at radius 2 is 1.12 bits per heavy atom. The molecule has 0 bridgehead atoms. The van der Waals surface area contributed by atoms with Crippen LogP contribution in [0.5, 0.6) is 0 Å². The van der Waals surface area contributed by atoms with Gasteiger partial charge in [0.1, 0.15) is 0 Å². The summed E-state index contributed by atoms with van der Waals surface area (Å²) in [6, 6.07) is 37.9. The summed E-state index contributed by atoms with van der Waals surface area (Å²) in [4.78, 5) is 69.0. The van der Waals surface area contributed by atoms with Crippen molar-refractivity contribution in [2.75, 3.05) is 75.4 Å². The summed E-state index contributed by atoms with van der Waals surface area (Å²) >= 11 is 2.33. The van der Waals surface area contributed by atoms with Crippen LogP contribution in [0.1, 0.15) is 42.0 Å². The van der Waals surface area contributed by atoms with E-state index in [1.807, 2.05) is 131 Å². The molecule has 0 spiro atoms. The molecule has 17 nitrogen and oxygen atoms in total. The van der Waals surface area contributed by atoms with Crippen molar-refractivity contribution < 1.29 is 4.74 Å². The fourth-order valence-electron chi connectivity index (χ4n) is 9.50. The van der Waals surface area contributed by atoms with E-state index in [0.29, 0.717) is 48.6 Å². The van der Waals surface area contributed by atoms with Crippen molar-refractivity contribution in [1.29, 1.82) is 0 Å². The Kier molecular flexibility index (Phi) is 16.9. The molecule has 2 aliphatic heterocycles. The molecular formula is C55H63IN12O5. The van der Waals surface area contributed by atoms with Crippen LogP contribution in [-0.4, -0.2) is 103 Å². The van der Waals surface area contributed by atoms with E-state index in [1.54, 1.807) is 11.6 Å². The summed E-state index contributed by atoms with van der Waals surface area (Å²) in [5.41, 5.74) is 4.54. The summed E-state index contributed by atoms with van der Waals surface area (Å²) in [7, 11) is 1.69. The normalized spacial score (nSPS) is 14.4. The van der Waals surface area contributed by atoms with Gasteiger partial charge in [-0.15, -0.1) is 0 Å². The highest BCUT2D eigenvalue weighted by molar-refractivity contribution is 14.1. The topological polar surface area (TPSA) is 163 Å². The highest BCUT2D eigenvalue weighted by Crippen LogP contribution is 2.26. The lowest BCUT2D eigenvalue weighted by molar-refractivity contribution is 0.137. The van der Waals surface area contributed by atoms with Gasteiger partial charge < -0.3 is 25.2 Å². The Morgan fingerprint density at radius 1 is 0.589 bits per heavy atom. The largest absolute Gasteiger partial charge is 0.380 e. The number of allylic oxidation sites excluding steroid dienone is 1. The molecule has 0 amide bonds. The van der Waals surface area contributed by atoms with E-state index in [4.69, 9.17) is 14.7 Å². The zero-order valence-electron chi connectivity index (χ0n) is 41.5. The minimum absolute atomic E-state index is 0.188. The van der Waals surface area contributed by atoms with Gasteiger partial charge in [-0.25, -0.2) is 9.59 Å². The Morgan fingerprint density at radius 3 is 1.74 bits per heavy atom. The summed E-state index contributed by atoms with van der Waals surface area (Å²) in [6.45, 7) is 11.2. The first-order chi connectivity index (χ1) is 35.7. The molecule has 380 valence electrons. The molecule has 18 heteroatoms. The SMILES string of the molecule is CCOCCn1c(=O)c2c(nc(N3CCCNCC3)n2Cc2ccccc2I)n(Cc2ccccc2)c1=O.Cn1c(=O)n(C/C=C/c2ccccc2)c(=O)c2c1nc(N1CCCNCC1)n2Cc1ccccc1. The average Bonchev–Trinajstić information content (AvgIpc) is 3.67. The number of anilines is 2. The van der Waals surface area contributed by atoms with Crippen LogP contribution >= 0.6 is 22.6 Å². The van der Waals surface area contributed by atoms with Gasteiger partial charge in [-0.1, -0.05) is 121 Å². The van der Waals surface area contributed by atoms with Crippen LogP contribution in [0.3, 0.4) is 0 Å². The third-order valence-corrected chi connectivity index (χ3v) is 14.3. The number of hydrogen-bond donors (Lipinski definition) is 2. The molecule has 8 aromatic rings. The number of nitrogens with one attached hydrogen (secondary N) is 2. The number of ether oxygens (including phenoxy) is 1. The van der Waals surface area contributed by atoms with Gasteiger partial charge in [-0.3, -0.25) is 37.0 Å². The monoisotopic (exact) mass is 1100 g/mol. The van der Waals surface area contributed by atoms with Crippen LogP contribution in [0.25, 0.3) is 28.4 Å². The number of nitrogens with zero attached hydrogens (tertiary/aromatic N) is 10. The summed E-state index contributed by atoms with van der Waals surface area (Å²) in [5.74, 6) is 1.46. The molecular weight excluding hydrogens is 1040 g/mol. The lowest BCUT2D eigenvalue weighted by Crippen LogP contribution is -2.41. The van der Waals surface area contributed by atoms with E-state index in [-0.39, 0.29) is 42.2 Å². The second-order valence-electron chi connectivity index (χ2n) is 18.2. The Hall–Kier alpha value is -6.87. The van der Waals surface area contributed by atoms with Crippen LogP contribution in [0.15, 0.2) is 141 Å². The molecule has 0 atom stereocenters. The molecule has 2 N–H and O–H groups in total. The van der Waals surface area contributed by atoms with Crippen molar-refractivity contribution in [3.05, 3.63) is 189 Å². The smallest absolute Gasteiger partial charge is 0.333 e. The van der Waals surface area contributed by atoms with Gasteiger partial charge >= 0.3 is 11.4 Å². The van der Waals surface area contributed by atoms with Gasteiger partial charge in [0.25, 0.3) is 11.1 Å². The number of aromatic nitrogens is 8. The van der Waals surface area contributed by atoms with Crippen molar-refractivity contribution in [1.82, 2.24) is 48.0 Å². The summed E-state index contributed by atoms with van der Waals surface area (Å²) in [5, 5.41) is 6.87. The molecule has 0 aliphatic carbocycles. The number of imidazole rings is 2. The van der Waals surface area contributed by atoms with Crippen LogP contribution in [0.4, 0.5) is 11.9 Å². The van der Waals surface area contributed by atoms with Crippen molar-refractivity contribution in [3.63, 3.8) is 0 Å².